The molecule has 0 aliphatic heterocycles. The summed E-state index contributed by atoms with van der Waals surface area (Å²) >= 11 is 0. The summed E-state index contributed by atoms with van der Waals surface area (Å²) in [6.45, 7) is 0. The zero-order chi connectivity index (χ0) is 20.2. The molecule has 1 aromatic carbocycles. The van der Waals surface area contributed by atoms with Gasteiger partial charge in [0.05, 0.1) is 32.4 Å². The van der Waals surface area contributed by atoms with Crippen LogP contribution in [0.4, 0.5) is 0 Å². The number of carbonyl (C=O) groups excluding carboxylic acids is 1. The van der Waals surface area contributed by atoms with Gasteiger partial charge < -0.3 is 19.9 Å². The fraction of sp³-hybridized carbons (Fsp3) is 0.556. The summed E-state index contributed by atoms with van der Waals surface area (Å²) in [4.78, 5) is 23.8. The average molecular weight is 399 g/mol. The molecule has 0 spiro atoms. The lowest BCUT2D eigenvalue weighted by Crippen LogP contribution is -2.33. The third-order valence-electron chi connectivity index (χ3n) is 4.59. The van der Waals surface area contributed by atoms with E-state index in [1.54, 1.807) is 18.2 Å². The van der Waals surface area contributed by atoms with Gasteiger partial charge in [-0.1, -0.05) is 0 Å². The summed E-state index contributed by atoms with van der Waals surface area (Å²) in [5.74, 6) is -0.543. The fourth-order valence-corrected chi connectivity index (χ4v) is 4.71. The first-order chi connectivity index (χ1) is 12.6. The number of carbonyl (C=O) groups is 2. The predicted molar refractivity (Wildman–Crippen MR) is 98.7 cm³/mol. The molecule has 1 aliphatic carbocycles. The third kappa shape index (κ3) is 6.13. The topological polar surface area (TPSA) is 119 Å². The fourth-order valence-electron chi connectivity index (χ4n) is 3.21. The maximum atomic E-state index is 12.5. The molecular formula is C18H25NO7S. The van der Waals surface area contributed by atoms with Crippen LogP contribution in [0.5, 0.6) is 11.5 Å². The summed E-state index contributed by atoms with van der Waals surface area (Å²) in [6.07, 6.45) is 2.22. The molecule has 1 saturated carbocycles. The first-order valence-electron chi connectivity index (χ1n) is 8.48. The van der Waals surface area contributed by atoms with Crippen molar-refractivity contribution in [2.75, 3.05) is 26.2 Å². The van der Waals surface area contributed by atoms with Gasteiger partial charge in [0.1, 0.15) is 21.3 Å². The van der Waals surface area contributed by atoms with Crippen molar-refractivity contribution in [1.29, 1.82) is 0 Å². The van der Waals surface area contributed by atoms with Crippen LogP contribution in [0.1, 0.15) is 37.3 Å². The van der Waals surface area contributed by atoms with E-state index >= 15 is 0 Å². The molecular weight excluding hydrogens is 374 g/mol. The molecule has 0 saturated heterocycles. The Bertz CT molecular complexity index is 815. The molecule has 1 amide bonds. The highest BCUT2D eigenvalue weighted by molar-refractivity contribution is 7.90. The monoisotopic (exact) mass is 399 g/mol. The van der Waals surface area contributed by atoms with Gasteiger partial charge in [-0.3, -0.25) is 9.59 Å². The van der Waals surface area contributed by atoms with Gasteiger partial charge in [0, 0.05) is 24.3 Å². The number of carboxylic acid groups (broad SMARTS) is 1. The highest BCUT2D eigenvalue weighted by Crippen LogP contribution is 2.49. The Labute approximate surface area is 158 Å². The van der Waals surface area contributed by atoms with Crippen molar-refractivity contribution >= 4 is 21.7 Å². The van der Waals surface area contributed by atoms with Gasteiger partial charge in [0.2, 0.25) is 5.91 Å². The Kier molecular flexibility index (Phi) is 6.35. The summed E-state index contributed by atoms with van der Waals surface area (Å²) in [7, 11) is -0.241. The van der Waals surface area contributed by atoms with E-state index in [1.165, 1.54) is 14.2 Å². The second kappa shape index (κ2) is 8.16. The number of carboxylic acids is 1. The normalized spacial score (nSPS) is 16.3. The molecule has 1 atom stereocenters. The van der Waals surface area contributed by atoms with Crippen molar-refractivity contribution in [3.05, 3.63) is 23.8 Å². The van der Waals surface area contributed by atoms with Crippen LogP contribution in [0.25, 0.3) is 0 Å². The molecule has 0 radical (unpaired) electrons. The number of aliphatic carboxylic acids is 1. The van der Waals surface area contributed by atoms with Crippen molar-refractivity contribution in [3.63, 3.8) is 0 Å². The first-order valence-corrected chi connectivity index (χ1v) is 10.5. The molecule has 150 valence electrons. The van der Waals surface area contributed by atoms with E-state index in [0.29, 0.717) is 29.9 Å². The minimum absolute atomic E-state index is 0.0388. The second-order valence-electron chi connectivity index (χ2n) is 7.07. The van der Waals surface area contributed by atoms with Crippen LogP contribution in [0.3, 0.4) is 0 Å². The summed E-state index contributed by atoms with van der Waals surface area (Å²) in [5.41, 5.74) is -0.0166. The Hall–Kier alpha value is -2.29. The Morgan fingerprint density at radius 1 is 1.26 bits per heavy atom. The predicted octanol–water partition coefficient (Wildman–Crippen LogP) is 1.55. The van der Waals surface area contributed by atoms with E-state index in [-0.39, 0.29) is 24.5 Å². The maximum Gasteiger partial charge on any atom is 0.305 e. The lowest BCUT2D eigenvalue weighted by Gasteiger charge is -2.22. The molecule has 1 unspecified atom stereocenters. The summed E-state index contributed by atoms with van der Waals surface area (Å²) < 4.78 is 33.6. The van der Waals surface area contributed by atoms with Crippen LogP contribution in [0.15, 0.2) is 18.2 Å². The number of methoxy groups -OCH3 is 2. The van der Waals surface area contributed by atoms with E-state index in [4.69, 9.17) is 9.47 Å². The third-order valence-corrected chi connectivity index (χ3v) is 5.73. The van der Waals surface area contributed by atoms with Crippen LogP contribution in [0, 0.1) is 5.41 Å². The van der Waals surface area contributed by atoms with Gasteiger partial charge >= 0.3 is 5.97 Å². The highest BCUT2D eigenvalue weighted by Gasteiger charge is 2.46. The van der Waals surface area contributed by atoms with Crippen LogP contribution in [0.2, 0.25) is 0 Å². The largest absolute Gasteiger partial charge is 0.497 e. The lowest BCUT2D eigenvalue weighted by atomic mass is 10.00. The number of hydrogen-bond acceptors (Lipinski definition) is 6. The number of nitrogens with one attached hydrogen (secondary N) is 1. The maximum absolute atomic E-state index is 12.5. The smallest absolute Gasteiger partial charge is 0.305 e. The van der Waals surface area contributed by atoms with Crippen molar-refractivity contribution in [1.82, 2.24) is 5.32 Å². The van der Waals surface area contributed by atoms with Crippen LogP contribution in [-0.4, -0.2) is 51.6 Å². The molecule has 1 fully saturated rings. The molecule has 2 N–H and O–H groups in total. The van der Waals surface area contributed by atoms with Crippen LogP contribution >= 0.6 is 0 Å². The van der Waals surface area contributed by atoms with Crippen LogP contribution in [-0.2, 0) is 19.4 Å². The van der Waals surface area contributed by atoms with E-state index in [0.717, 1.165) is 6.26 Å². The Morgan fingerprint density at radius 3 is 2.41 bits per heavy atom. The number of sulfone groups is 1. The van der Waals surface area contributed by atoms with Gasteiger partial charge in [-0.25, -0.2) is 8.42 Å². The number of rotatable bonds is 10. The van der Waals surface area contributed by atoms with Crippen molar-refractivity contribution in [2.24, 2.45) is 5.41 Å². The molecule has 0 bridgehead atoms. The minimum atomic E-state index is -3.19. The van der Waals surface area contributed by atoms with Crippen molar-refractivity contribution < 1.29 is 32.6 Å². The molecule has 0 heterocycles. The lowest BCUT2D eigenvalue weighted by molar-refractivity contribution is -0.137. The molecule has 9 heteroatoms. The minimum Gasteiger partial charge on any atom is -0.497 e. The van der Waals surface area contributed by atoms with E-state index in [2.05, 4.69) is 5.32 Å². The Balaban J connectivity index is 2.18. The molecule has 2 rings (SSSR count). The quantitative estimate of drug-likeness (QED) is 0.613. The second-order valence-corrected chi connectivity index (χ2v) is 9.21. The zero-order valence-corrected chi connectivity index (χ0v) is 16.5. The number of hydrogen-bond donors (Lipinski definition) is 2. The standard InChI is InChI=1S/C18H25NO7S/c1-25-12-4-5-13(15(8-12)26-2)14(9-17(21)22)19-16(20)10-18(6-7-18)11-27(3,23)24/h4-5,8,14H,6-7,9-11H2,1-3H3,(H,19,20)(H,21,22). The summed E-state index contributed by atoms with van der Waals surface area (Å²) in [6, 6.07) is 4.12. The number of amides is 1. The molecule has 1 aromatic rings. The van der Waals surface area contributed by atoms with Crippen molar-refractivity contribution in [3.8, 4) is 11.5 Å². The summed E-state index contributed by atoms with van der Waals surface area (Å²) in [5, 5.41) is 11.9. The van der Waals surface area contributed by atoms with Crippen LogP contribution < -0.4 is 14.8 Å². The molecule has 1 aliphatic rings. The van der Waals surface area contributed by atoms with E-state index in [1.807, 2.05) is 0 Å². The van der Waals surface area contributed by atoms with Crippen molar-refractivity contribution in [2.45, 2.75) is 31.7 Å². The van der Waals surface area contributed by atoms with Gasteiger partial charge in [-0.05, 0) is 30.4 Å². The molecule has 27 heavy (non-hydrogen) atoms. The molecule has 8 nitrogen and oxygen atoms in total. The van der Waals surface area contributed by atoms with E-state index in [9.17, 15) is 23.1 Å². The molecule has 0 aromatic heterocycles. The van der Waals surface area contributed by atoms with Gasteiger partial charge in [-0.15, -0.1) is 0 Å². The average Bonchev–Trinajstić information content (AvgIpc) is 3.29. The van der Waals surface area contributed by atoms with E-state index < -0.39 is 27.3 Å². The highest BCUT2D eigenvalue weighted by atomic mass is 32.2. The number of benzene rings is 1. The first kappa shape index (κ1) is 21.0. The number of ether oxygens (including phenoxy) is 2. The van der Waals surface area contributed by atoms with Gasteiger partial charge in [0.15, 0.2) is 0 Å². The SMILES string of the molecule is COc1ccc(C(CC(=O)O)NC(=O)CC2(CS(C)(=O)=O)CC2)c(OC)c1. The Morgan fingerprint density at radius 2 is 1.93 bits per heavy atom. The van der Waals surface area contributed by atoms with Gasteiger partial charge in [-0.2, -0.15) is 0 Å². The zero-order valence-electron chi connectivity index (χ0n) is 15.6. The van der Waals surface area contributed by atoms with Gasteiger partial charge in [0.25, 0.3) is 0 Å².